The maximum absolute atomic E-state index is 13.4. The summed E-state index contributed by atoms with van der Waals surface area (Å²) in [5, 5.41) is 5.01. The zero-order valence-electron chi connectivity index (χ0n) is 12.8. The van der Waals surface area contributed by atoms with Crippen LogP contribution in [0.1, 0.15) is 5.56 Å². The fourth-order valence-corrected chi connectivity index (χ4v) is 2.43. The molecule has 2 amide bonds. The number of rotatable bonds is 3. The molecule has 25 heavy (non-hydrogen) atoms. The lowest BCUT2D eigenvalue weighted by atomic mass is 10.1. The van der Waals surface area contributed by atoms with Gasteiger partial charge in [-0.15, -0.1) is 0 Å². The number of urea groups is 1. The number of aromatic nitrogens is 1. The molecule has 1 saturated heterocycles. The lowest BCUT2D eigenvalue weighted by Crippen LogP contribution is -2.60. The van der Waals surface area contributed by atoms with Crippen molar-refractivity contribution in [2.24, 2.45) is 0 Å². The number of carbonyl (C=O) groups excluding carboxylic acids is 1. The molecule has 9 heteroatoms. The predicted molar refractivity (Wildman–Crippen MR) is 83.8 cm³/mol. The number of pyridine rings is 1. The van der Waals surface area contributed by atoms with E-state index in [-0.39, 0.29) is 17.5 Å². The molecule has 2 aromatic rings. The summed E-state index contributed by atoms with van der Waals surface area (Å²) in [5.74, 6) is -0.358. The Hall–Kier alpha value is -2.84. The van der Waals surface area contributed by atoms with Crippen LogP contribution >= 0.6 is 0 Å². The Morgan fingerprint density at radius 1 is 1.20 bits per heavy atom. The van der Waals surface area contributed by atoms with Gasteiger partial charge in [-0.3, -0.25) is 0 Å². The number of hydrogen-bond donors (Lipinski definition) is 2. The van der Waals surface area contributed by atoms with Crippen molar-refractivity contribution in [3.63, 3.8) is 0 Å². The zero-order valence-corrected chi connectivity index (χ0v) is 12.8. The van der Waals surface area contributed by atoms with E-state index in [9.17, 15) is 22.4 Å². The smallest absolute Gasteiger partial charge is 0.352 e. The maximum Gasteiger partial charge on any atom is 0.416 e. The highest BCUT2D eigenvalue weighted by Gasteiger charge is 2.33. The number of alkyl halides is 3. The van der Waals surface area contributed by atoms with E-state index in [4.69, 9.17) is 0 Å². The van der Waals surface area contributed by atoms with Crippen LogP contribution in [-0.4, -0.2) is 30.1 Å². The molecule has 1 aromatic carbocycles. The van der Waals surface area contributed by atoms with Crippen molar-refractivity contribution in [3.8, 4) is 0 Å². The van der Waals surface area contributed by atoms with Crippen LogP contribution in [0, 0.1) is 5.82 Å². The van der Waals surface area contributed by atoms with Gasteiger partial charge < -0.3 is 15.5 Å². The third-order valence-electron chi connectivity index (χ3n) is 3.74. The van der Waals surface area contributed by atoms with Gasteiger partial charge in [-0.2, -0.15) is 13.2 Å². The van der Waals surface area contributed by atoms with Crippen LogP contribution in [0.4, 0.5) is 33.9 Å². The van der Waals surface area contributed by atoms with Crippen LogP contribution in [0.3, 0.4) is 0 Å². The molecule has 0 saturated carbocycles. The molecule has 0 unspecified atom stereocenters. The van der Waals surface area contributed by atoms with Gasteiger partial charge >= 0.3 is 12.2 Å². The molecule has 1 fully saturated rings. The molecule has 1 aliphatic heterocycles. The molecule has 0 spiro atoms. The van der Waals surface area contributed by atoms with Gasteiger partial charge in [0.25, 0.3) is 0 Å². The van der Waals surface area contributed by atoms with Crippen molar-refractivity contribution >= 4 is 17.5 Å². The molecule has 1 aliphatic rings. The van der Waals surface area contributed by atoms with Crippen LogP contribution in [0.2, 0.25) is 0 Å². The minimum Gasteiger partial charge on any atom is -0.352 e. The molecule has 0 atom stereocenters. The van der Waals surface area contributed by atoms with Crippen LogP contribution in [0.25, 0.3) is 0 Å². The molecule has 5 nitrogen and oxygen atoms in total. The fourth-order valence-electron chi connectivity index (χ4n) is 2.43. The summed E-state index contributed by atoms with van der Waals surface area (Å²) in [6.45, 7) is 0.637. The zero-order chi connectivity index (χ0) is 18.0. The molecule has 3 rings (SSSR count). The second kappa shape index (κ2) is 6.58. The highest BCUT2D eigenvalue weighted by Crippen LogP contribution is 2.31. The van der Waals surface area contributed by atoms with Crippen molar-refractivity contribution in [3.05, 3.63) is 54.0 Å². The molecule has 2 N–H and O–H groups in total. The Bertz CT molecular complexity index is 775. The SMILES string of the molecule is O=C(Nc1ccccc1F)NC1CN(c2cc(C(F)(F)F)ccn2)C1. The summed E-state index contributed by atoms with van der Waals surface area (Å²) in [5.41, 5.74) is -0.720. The normalized spacial score (nSPS) is 14.8. The van der Waals surface area contributed by atoms with Gasteiger partial charge in [-0.05, 0) is 24.3 Å². The minimum absolute atomic E-state index is 0.0516. The third-order valence-corrected chi connectivity index (χ3v) is 3.74. The van der Waals surface area contributed by atoms with Gasteiger partial charge in [0, 0.05) is 19.3 Å². The van der Waals surface area contributed by atoms with Crippen molar-refractivity contribution < 1.29 is 22.4 Å². The number of hydrogen-bond acceptors (Lipinski definition) is 3. The second-order valence-corrected chi connectivity index (χ2v) is 5.58. The van der Waals surface area contributed by atoms with E-state index in [2.05, 4.69) is 15.6 Å². The summed E-state index contributed by atoms with van der Waals surface area (Å²) >= 11 is 0. The van der Waals surface area contributed by atoms with Crippen LogP contribution in [0.15, 0.2) is 42.6 Å². The highest BCUT2D eigenvalue weighted by molar-refractivity contribution is 5.89. The Balaban J connectivity index is 1.53. The molecule has 2 heterocycles. The topological polar surface area (TPSA) is 57.3 Å². The predicted octanol–water partition coefficient (Wildman–Crippen LogP) is 3.25. The molecule has 1 aromatic heterocycles. The third kappa shape index (κ3) is 3.98. The average Bonchev–Trinajstić information content (AvgIpc) is 2.52. The fraction of sp³-hybridized carbons (Fsp3) is 0.250. The summed E-state index contributed by atoms with van der Waals surface area (Å²) in [6, 6.07) is 6.77. The van der Waals surface area contributed by atoms with Gasteiger partial charge in [0.05, 0.1) is 17.3 Å². The first-order chi connectivity index (χ1) is 11.8. The lowest BCUT2D eigenvalue weighted by Gasteiger charge is -2.40. The number of carbonyl (C=O) groups is 1. The Labute approximate surface area is 140 Å². The van der Waals surface area contributed by atoms with Crippen LogP contribution < -0.4 is 15.5 Å². The highest BCUT2D eigenvalue weighted by atomic mass is 19.4. The molecule has 0 radical (unpaired) electrons. The van der Waals surface area contributed by atoms with E-state index in [1.54, 1.807) is 11.0 Å². The van der Waals surface area contributed by atoms with Gasteiger partial charge in [0.1, 0.15) is 11.6 Å². The van der Waals surface area contributed by atoms with Gasteiger partial charge in [-0.1, -0.05) is 12.1 Å². The first-order valence-corrected chi connectivity index (χ1v) is 7.43. The van der Waals surface area contributed by atoms with E-state index < -0.39 is 23.6 Å². The number of amides is 2. The van der Waals surface area contributed by atoms with Crippen molar-refractivity contribution in [1.82, 2.24) is 10.3 Å². The van der Waals surface area contributed by atoms with Crippen molar-refractivity contribution in [2.75, 3.05) is 23.3 Å². The van der Waals surface area contributed by atoms with E-state index in [1.807, 2.05) is 0 Å². The maximum atomic E-state index is 13.4. The van der Waals surface area contributed by atoms with E-state index >= 15 is 0 Å². The summed E-state index contributed by atoms with van der Waals surface area (Å²) in [4.78, 5) is 17.4. The van der Waals surface area contributed by atoms with E-state index in [1.165, 1.54) is 18.2 Å². The lowest BCUT2D eigenvalue weighted by molar-refractivity contribution is -0.137. The Morgan fingerprint density at radius 2 is 1.92 bits per heavy atom. The van der Waals surface area contributed by atoms with E-state index in [0.717, 1.165) is 18.3 Å². The number of nitrogens with one attached hydrogen (secondary N) is 2. The summed E-state index contributed by atoms with van der Waals surface area (Å²) < 4.78 is 51.5. The monoisotopic (exact) mass is 354 g/mol. The number of halogens is 4. The molecule has 0 aliphatic carbocycles. The number of anilines is 2. The van der Waals surface area contributed by atoms with Crippen molar-refractivity contribution in [1.29, 1.82) is 0 Å². The molecule has 0 bridgehead atoms. The number of para-hydroxylation sites is 1. The second-order valence-electron chi connectivity index (χ2n) is 5.58. The van der Waals surface area contributed by atoms with Gasteiger partial charge in [-0.25, -0.2) is 14.2 Å². The standard InChI is InChI=1S/C16H14F4N4O/c17-12-3-1-2-4-13(12)23-15(25)22-11-8-24(9-11)14-7-10(5-6-21-14)16(18,19)20/h1-7,11H,8-9H2,(H2,22,23,25). The molecular weight excluding hydrogens is 340 g/mol. The van der Waals surface area contributed by atoms with Crippen molar-refractivity contribution in [2.45, 2.75) is 12.2 Å². The first kappa shape index (κ1) is 17.0. The molecule has 132 valence electrons. The first-order valence-electron chi connectivity index (χ1n) is 7.43. The van der Waals surface area contributed by atoms with Crippen LogP contribution in [0.5, 0.6) is 0 Å². The molecular formula is C16H14F4N4O. The van der Waals surface area contributed by atoms with Gasteiger partial charge in [0.2, 0.25) is 0 Å². The average molecular weight is 354 g/mol. The number of nitrogens with zero attached hydrogens (tertiary/aromatic N) is 2. The summed E-state index contributed by atoms with van der Waals surface area (Å²) in [7, 11) is 0. The quantitative estimate of drug-likeness (QED) is 0.832. The Morgan fingerprint density at radius 3 is 2.60 bits per heavy atom. The van der Waals surface area contributed by atoms with E-state index in [0.29, 0.717) is 13.1 Å². The largest absolute Gasteiger partial charge is 0.416 e. The Kier molecular flexibility index (Phi) is 4.47. The minimum atomic E-state index is -4.43. The number of benzene rings is 1. The van der Waals surface area contributed by atoms with Crippen LogP contribution in [-0.2, 0) is 6.18 Å². The summed E-state index contributed by atoms with van der Waals surface area (Å²) in [6.07, 6.45) is -3.33. The van der Waals surface area contributed by atoms with Gasteiger partial charge in [0.15, 0.2) is 0 Å².